The molecule has 0 radical (unpaired) electrons. The molecule has 1 aromatic heterocycles. The van der Waals surface area contributed by atoms with Crippen molar-refractivity contribution in [3.05, 3.63) is 28.5 Å². The Morgan fingerprint density at radius 2 is 2.29 bits per heavy atom. The fraction of sp³-hybridized carbons (Fsp3) is 0.500. The number of rotatable bonds is 5. The molecule has 3 nitrogen and oxygen atoms in total. The second kappa shape index (κ2) is 7.01. The van der Waals surface area contributed by atoms with Crippen molar-refractivity contribution in [2.75, 3.05) is 19.1 Å². The molecule has 0 aliphatic rings. The molecule has 1 heterocycles. The molecule has 94 valence electrons. The van der Waals surface area contributed by atoms with E-state index in [-0.39, 0.29) is 11.9 Å². The molecule has 0 fully saturated rings. The summed E-state index contributed by atoms with van der Waals surface area (Å²) in [5, 5.41) is 0. The Morgan fingerprint density at radius 3 is 2.76 bits per heavy atom. The monoisotopic (exact) mass is 316 g/mol. The minimum atomic E-state index is -0.0154. The van der Waals surface area contributed by atoms with Gasteiger partial charge in [0.25, 0.3) is 5.91 Å². The van der Waals surface area contributed by atoms with Crippen LogP contribution in [-0.4, -0.2) is 40.9 Å². The number of hydrogen-bond acceptors (Lipinski definition) is 3. The van der Waals surface area contributed by atoms with Crippen LogP contribution in [0.1, 0.15) is 23.8 Å². The number of thioether (sulfide) groups is 1. The van der Waals surface area contributed by atoms with Crippen molar-refractivity contribution in [1.29, 1.82) is 0 Å². The highest BCUT2D eigenvalue weighted by molar-refractivity contribution is 9.10. The summed E-state index contributed by atoms with van der Waals surface area (Å²) in [7, 11) is 1.84. The van der Waals surface area contributed by atoms with Crippen LogP contribution in [-0.2, 0) is 0 Å². The van der Waals surface area contributed by atoms with E-state index in [4.69, 9.17) is 0 Å². The van der Waals surface area contributed by atoms with E-state index in [1.54, 1.807) is 28.9 Å². The van der Waals surface area contributed by atoms with E-state index in [1.165, 1.54) is 0 Å². The SMILES string of the molecule is CCC(CSC)N(C)C(=O)c1ccc(Br)cn1. The maximum atomic E-state index is 12.2. The number of carbonyl (C=O) groups is 1. The van der Waals surface area contributed by atoms with Crippen molar-refractivity contribution in [2.45, 2.75) is 19.4 Å². The van der Waals surface area contributed by atoms with Gasteiger partial charge in [-0.25, -0.2) is 4.98 Å². The molecule has 0 saturated carbocycles. The summed E-state index contributed by atoms with van der Waals surface area (Å²) in [6.45, 7) is 2.10. The average molecular weight is 317 g/mol. The molecule has 5 heteroatoms. The summed E-state index contributed by atoms with van der Waals surface area (Å²) in [5.74, 6) is 0.938. The van der Waals surface area contributed by atoms with E-state index in [0.717, 1.165) is 16.6 Å². The first-order chi connectivity index (χ1) is 8.10. The molecule has 0 aliphatic carbocycles. The van der Waals surface area contributed by atoms with E-state index >= 15 is 0 Å². The molecule has 1 aromatic rings. The van der Waals surface area contributed by atoms with Gasteiger partial charge in [0.15, 0.2) is 0 Å². The maximum Gasteiger partial charge on any atom is 0.272 e. The van der Waals surface area contributed by atoms with Crippen LogP contribution < -0.4 is 0 Å². The lowest BCUT2D eigenvalue weighted by Gasteiger charge is -2.26. The second-order valence-corrected chi connectivity index (χ2v) is 5.62. The second-order valence-electron chi connectivity index (χ2n) is 3.80. The van der Waals surface area contributed by atoms with Gasteiger partial charge in [0.1, 0.15) is 5.69 Å². The fourth-order valence-electron chi connectivity index (χ4n) is 1.54. The number of pyridine rings is 1. The Balaban J connectivity index is 2.77. The fourth-order valence-corrected chi connectivity index (χ4v) is 2.62. The zero-order chi connectivity index (χ0) is 12.8. The summed E-state index contributed by atoms with van der Waals surface area (Å²) in [4.78, 5) is 18.1. The zero-order valence-electron chi connectivity index (χ0n) is 10.3. The highest BCUT2D eigenvalue weighted by Crippen LogP contribution is 2.13. The molecule has 0 spiro atoms. The molecular weight excluding hydrogens is 300 g/mol. The number of carbonyl (C=O) groups excluding carboxylic acids is 1. The van der Waals surface area contributed by atoms with Crippen LogP contribution in [0, 0.1) is 0 Å². The Labute approximate surface area is 115 Å². The van der Waals surface area contributed by atoms with Crippen molar-refractivity contribution in [2.24, 2.45) is 0 Å². The Bertz CT molecular complexity index is 369. The van der Waals surface area contributed by atoms with Crippen molar-refractivity contribution in [1.82, 2.24) is 9.88 Å². The van der Waals surface area contributed by atoms with Crippen LogP contribution in [0.3, 0.4) is 0 Å². The number of amides is 1. The number of aromatic nitrogens is 1. The average Bonchev–Trinajstić information content (AvgIpc) is 2.35. The quantitative estimate of drug-likeness (QED) is 0.837. The molecule has 1 unspecified atom stereocenters. The van der Waals surface area contributed by atoms with Gasteiger partial charge in [0.05, 0.1) is 0 Å². The number of halogens is 1. The summed E-state index contributed by atoms with van der Waals surface area (Å²) in [6, 6.07) is 3.85. The maximum absolute atomic E-state index is 12.2. The summed E-state index contributed by atoms with van der Waals surface area (Å²) in [5.41, 5.74) is 0.496. The molecule has 17 heavy (non-hydrogen) atoms. The van der Waals surface area contributed by atoms with Crippen molar-refractivity contribution in [3.8, 4) is 0 Å². The van der Waals surface area contributed by atoms with Gasteiger partial charge in [-0.15, -0.1) is 0 Å². The summed E-state index contributed by atoms with van der Waals surface area (Å²) >= 11 is 5.06. The molecule has 0 N–H and O–H groups in total. The molecule has 0 aliphatic heterocycles. The van der Waals surface area contributed by atoms with Gasteiger partial charge < -0.3 is 4.90 Å². The van der Waals surface area contributed by atoms with Gasteiger partial charge in [-0.2, -0.15) is 11.8 Å². The first-order valence-electron chi connectivity index (χ1n) is 5.47. The van der Waals surface area contributed by atoms with Gasteiger partial charge in [0.2, 0.25) is 0 Å². The molecule has 1 amide bonds. The molecule has 0 saturated heterocycles. The Kier molecular flexibility index (Phi) is 5.98. The van der Waals surface area contributed by atoms with Gasteiger partial charge >= 0.3 is 0 Å². The summed E-state index contributed by atoms with van der Waals surface area (Å²) in [6.07, 6.45) is 4.66. The van der Waals surface area contributed by atoms with E-state index in [9.17, 15) is 4.79 Å². The normalized spacial score (nSPS) is 12.2. The Hall–Kier alpha value is -0.550. The standard InChI is InChI=1S/C12H17BrN2OS/c1-4-10(8-17-3)15(2)12(16)11-6-5-9(13)7-14-11/h5-7,10H,4,8H2,1-3H3. The van der Waals surface area contributed by atoms with E-state index < -0.39 is 0 Å². The van der Waals surface area contributed by atoms with Crippen LogP contribution >= 0.6 is 27.7 Å². The largest absolute Gasteiger partial charge is 0.337 e. The third-order valence-corrected chi connectivity index (χ3v) is 3.83. The third-order valence-electron chi connectivity index (χ3n) is 2.64. The van der Waals surface area contributed by atoms with E-state index in [2.05, 4.69) is 34.1 Å². The predicted octanol–water partition coefficient (Wildman–Crippen LogP) is 3.06. The number of hydrogen-bond donors (Lipinski definition) is 0. The molecule has 1 rings (SSSR count). The van der Waals surface area contributed by atoms with E-state index in [0.29, 0.717) is 5.69 Å². The molecule has 0 aromatic carbocycles. The first-order valence-corrected chi connectivity index (χ1v) is 7.66. The van der Waals surface area contributed by atoms with Crippen LogP contribution in [0.25, 0.3) is 0 Å². The predicted molar refractivity (Wildman–Crippen MR) is 76.5 cm³/mol. The molecular formula is C12H17BrN2OS. The van der Waals surface area contributed by atoms with Crippen LogP contribution in [0.15, 0.2) is 22.8 Å². The van der Waals surface area contributed by atoms with Crippen LogP contribution in [0.2, 0.25) is 0 Å². The number of nitrogens with zero attached hydrogens (tertiary/aromatic N) is 2. The lowest BCUT2D eigenvalue weighted by atomic mass is 10.2. The van der Waals surface area contributed by atoms with Crippen LogP contribution in [0.5, 0.6) is 0 Å². The first kappa shape index (κ1) is 14.5. The highest BCUT2D eigenvalue weighted by atomic mass is 79.9. The minimum absolute atomic E-state index is 0.0154. The van der Waals surface area contributed by atoms with Gasteiger partial charge in [-0.05, 0) is 40.7 Å². The summed E-state index contributed by atoms with van der Waals surface area (Å²) < 4.78 is 0.882. The van der Waals surface area contributed by atoms with Crippen molar-refractivity contribution in [3.63, 3.8) is 0 Å². The lowest BCUT2D eigenvalue weighted by Crippen LogP contribution is -2.38. The zero-order valence-corrected chi connectivity index (χ0v) is 12.7. The van der Waals surface area contributed by atoms with E-state index in [1.807, 2.05) is 13.1 Å². The highest BCUT2D eigenvalue weighted by Gasteiger charge is 2.20. The van der Waals surface area contributed by atoms with Crippen LogP contribution in [0.4, 0.5) is 0 Å². The van der Waals surface area contributed by atoms with Crippen molar-refractivity contribution < 1.29 is 4.79 Å². The van der Waals surface area contributed by atoms with Gasteiger partial charge in [-0.3, -0.25) is 4.79 Å². The third kappa shape index (κ3) is 4.00. The minimum Gasteiger partial charge on any atom is -0.337 e. The topological polar surface area (TPSA) is 33.2 Å². The molecule has 0 bridgehead atoms. The van der Waals surface area contributed by atoms with Gasteiger partial charge in [0, 0.05) is 29.5 Å². The van der Waals surface area contributed by atoms with Gasteiger partial charge in [-0.1, -0.05) is 6.92 Å². The lowest BCUT2D eigenvalue weighted by molar-refractivity contribution is 0.0737. The Morgan fingerprint density at radius 1 is 1.59 bits per heavy atom. The molecule has 1 atom stereocenters. The van der Waals surface area contributed by atoms with Crippen molar-refractivity contribution >= 4 is 33.6 Å². The smallest absolute Gasteiger partial charge is 0.272 e.